The van der Waals surface area contributed by atoms with Crippen LogP contribution in [0.5, 0.6) is 0 Å². The van der Waals surface area contributed by atoms with Crippen LogP contribution in [0.15, 0.2) is 79.1 Å². The number of thiophene rings is 1. The van der Waals surface area contributed by atoms with Crippen LogP contribution in [0.1, 0.15) is 37.7 Å². The van der Waals surface area contributed by atoms with Gasteiger partial charge in [-0.3, -0.25) is 14.8 Å². The Hall–Kier alpha value is -3.88. The molecule has 0 bridgehead atoms. The van der Waals surface area contributed by atoms with Crippen LogP contribution in [-0.4, -0.2) is 31.5 Å². The average molecular weight is 489 g/mol. The van der Waals surface area contributed by atoms with Gasteiger partial charge in [-0.1, -0.05) is 23.7 Å². The van der Waals surface area contributed by atoms with E-state index in [-0.39, 0.29) is 5.69 Å². The van der Waals surface area contributed by atoms with Gasteiger partial charge in [0.2, 0.25) is 11.9 Å². The molecule has 0 aliphatic rings. The minimum absolute atomic E-state index is 0.191. The van der Waals surface area contributed by atoms with Crippen LogP contribution in [0.2, 0.25) is 5.02 Å². The molecule has 0 saturated carbocycles. The molecule has 0 N–H and O–H groups in total. The highest BCUT2D eigenvalue weighted by atomic mass is 35.5. The van der Waals surface area contributed by atoms with Gasteiger partial charge in [-0.15, -0.1) is 11.3 Å². The summed E-state index contributed by atoms with van der Waals surface area (Å²) in [6.07, 6.45) is 1.84. The van der Waals surface area contributed by atoms with Gasteiger partial charge in [-0.2, -0.15) is 5.10 Å². The number of halogens is 1. The monoisotopic (exact) mass is 488 g/mol. The molecular weight excluding hydrogens is 472 g/mol. The molecule has 0 spiro atoms. The van der Waals surface area contributed by atoms with E-state index in [9.17, 15) is 9.59 Å². The van der Waals surface area contributed by atoms with Crippen LogP contribution < -0.4 is 0 Å². The van der Waals surface area contributed by atoms with Crippen LogP contribution in [0.25, 0.3) is 15.9 Å². The first kappa shape index (κ1) is 21.9. The molecule has 4 heterocycles. The van der Waals surface area contributed by atoms with Crippen LogP contribution in [-0.2, 0) is 4.74 Å². The number of aromatic nitrogens is 4. The standard InChI is InChI=1S/C25H17ClN4O3S/c1-15-18-14-21(34-24(18)30(29-15)17-10-8-16(26)9-11-17)25(32)33-23(20-7-3-5-13-28-20)22(31)19-6-2-4-12-27-19/h2-14,23H,1H3/t23-/m0/s1. The quantitative estimate of drug-likeness (QED) is 0.228. The van der Waals surface area contributed by atoms with Gasteiger partial charge in [0.15, 0.2) is 0 Å². The van der Waals surface area contributed by atoms with E-state index in [2.05, 4.69) is 15.1 Å². The van der Waals surface area contributed by atoms with Crippen molar-refractivity contribution in [1.82, 2.24) is 19.7 Å². The molecular formula is C25H17ClN4O3S. The second-order valence-corrected chi connectivity index (χ2v) is 8.89. The minimum atomic E-state index is -1.22. The van der Waals surface area contributed by atoms with Gasteiger partial charge in [0.1, 0.15) is 15.4 Å². The summed E-state index contributed by atoms with van der Waals surface area (Å²) >= 11 is 7.25. The molecule has 7 nitrogen and oxygen atoms in total. The summed E-state index contributed by atoms with van der Waals surface area (Å²) in [7, 11) is 0. The number of rotatable bonds is 6. The first-order valence-electron chi connectivity index (χ1n) is 10.3. The molecule has 0 fully saturated rings. The summed E-state index contributed by atoms with van der Waals surface area (Å²) in [5.74, 6) is -1.07. The van der Waals surface area contributed by atoms with Gasteiger partial charge < -0.3 is 4.74 Å². The highest BCUT2D eigenvalue weighted by Gasteiger charge is 2.30. The van der Waals surface area contributed by atoms with Crippen LogP contribution in [0.3, 0.4) is 0 Å². The van der Waals surface area contributed by atoms with Gasteiger partial charge >= 0.3 is 5.97 Å². The lowest BCUT2D eigenvalue weighted by Gasteiger charge is -2.15. The predicted molar refractivity (Wildman–Crippen MR) is 130 cm³/mol. The van der Waals surface area contributed by atoms with Crippen molar-refractivity contribution in [1.29, 1.82) is 0 Å². The Morgan fingerprint density at radius 1 is 1.00 bits per heavy atom. The van der Waals surface area contributed by atoms with Crippen molar-refractivity contribution in [3.63, 3.8) is 0 Å². The van der Waals surface area contributed by atoms with E-state index in [0.29, 0.717) is 15.6 Å². The highest BCUT2D eigenvalue weighted by molar-refractivity contribution is 7.20. The van der Waals surface area contributed by atoms with E-state index in [1.165, 1.54) is 17.5 Å². The maximum atomic E-state index is 13.2. The number of ether oxygens (including phenoxy) is 1. The fourth-order valence-electron chi connectivity index (χ4n) is 3.49. The summed E-state index contributed by atoms with van der Waals surface area (Å²) in [6, 6.07) is 19.1. The van der Waals surface area contributed by atoms with Crippen molar-refractivity contribution in [2.24, 2.45) is 0 Å². The first-order valence-corrected chi connectivity index (χ1v) is 11.5. The number of hydrogen-bond donors (Lipinski definition) is 0. The van der Waals surface area contributed by atoms with E-state index in [4.69, 9.17) is 16.3 Å². The Morgan fingerprint density at radius 3 is 2.41 bits per heavy atom. The van der Waals surface area contributed by atoms with E-state index in [1.807, 2.05) is 19.1 Å². The van der Waals surface area contributed by atoms with Crippen molar-refractivity contribution in [3.05, 3.63) is 106 Å². The third-order valence-electron chi connectivity index (χ3n) is 5.15. The zero-order chi connectivity index (χ0) is 23.7. The summed E-state index contributed by atoms with van der Waals surface area (Å²) in [4.78, 5) is 35.8. The number of esters is 1. The molecule has 0 aliphatic carbocycles. The Morgan fingerprint density at radius 2 is 1.74 bits per heavy atom. The Labute approximate surface area is 203 Å². The number of pyridine rings is 2. The van der Waals surface area contributed by atoms with Gasteiger partial charge in [0.25, 0.3) is 0 Å². The number of aryl methyl sites for hydroxylation is 1. The lowest BCUT2D eigenvalue weighted by molar-refractivity contribution is 0.0275. The lowest BCUT2D eigenvalue weighted by Crippen LogP contribution is -2.21. The molecule has 168 valence electrons. The molecule has 5 rings (SSSR count). The minimum Gasteiger partial charge on any atom is -0.443 e. The Bertz CT molecular complexity index is 1480. The topological polar surface area (TPSA) is 87.0 Å². The number of benzene rings is 1. The van der Waals surface area contributed by atoms with Gasteiger partial charge in [-0.05, 0) is 61.5 Å². The fraction of sp³-hybridized carbons (Fsp3) is 0.0800. The molecule has 0 saturated heterocycles. The SMILES string of the molecule is Cc1nn(-c2ccc(Cl)cc2)c2sc(C(=O)O[C@H](C(=O)c3ccccn3)c3ccccn3)cc12. The molecule has 5 aromatic rings. The second-order valence-electron chi connectivity index (χ2n) is 7.42. The third-order valence-corrected chi connectivity index (χ3v) is 6.50. The molecule has 0 radical (unpaired) electrons. The van der Waals surface area contributed by atoms with E-state index in [1.54, 1.807) is 65.5 Å². The summed E-state index contributed by atoms with van der Waals surface area (Å²) in [5, 5.41) is 6.04. The average Bonchev–Trinajstić information content (AvgIpc) is 3.44. The normalized spacial score (nSPS) is 11.9. The van der Waals surface area contributed by atoms with Gasteiger partial charge in [0, 0.05) is 22.8 Å². The van der Waals surface area contributed by atoms with E-state index >= 15 is 0 Å². The number of carbonyl (C=O) groups is 2. The zero-order valence-electron chi connectivity index (χ0n) is 17.9. The molecule has 4 aromatic heterocycles. The summed E-state index contributed by atoms with van der Waals surface area (Å²) in [5.41, 5.74) is 2.11. The number of carbonyl (C=O) groups excluding carboxylic acids is 2. The molecule has 34 heavy (non-hydrogen) atoms. The number of hydrogen-bond acceptors (Lipinski definition) is 7. The second kappa shape index (κ2) is 9.17. The molecule has 1 atom stereocenters. The Kier molecular flexibility index (Phi) is 5.91. The maximum absolute atomic E-state index is 13.2. The first-order chi connectivity index (χ1) is 16.5. The smallest absolute Gasteiger partial charge is 0.349 e. The van der Waals surface area contributed by atoms with Gasteiger partial charge in [0.05, 0.1) is 17.1 Å². The largest absolute Gasteiger partial charge is 0.443 e. The summed E-state index contributed by atoms with van der Waals surface area (Å²) in [6.45, 7) is 1.87. The number of ketones is 1. The summed E-state index contributed by atoms with van der Waals surface area (Å²) < 4.78 is 7.47. The molecule has 0 amide bonds. The van der Waals surface area contributed by atoms with Crippen molar-refractivity contribution >= 4 is 44.9 Å². The van der Waals surface area contributed by atoms with Crippen LogP contribution in [0, 0.1) is 6.92 Å². The maximum Gasteiger partial charge on any atom is 0.349 e. The van der Waals surface area contributed by atoms with Crippen molar-refractivity contribution < 1.29 is 14.3 Å². The predicted octanol–water partition coefficient (Wildman–Crippen LogP) is 5.62. The fourth-order valence-corrected chi connectivity index (χ4v) is 4.68. The molecule has 0 unspecified atom stereocenters. The third kappa shape index (κ3) is 4.21. The molecule has 0 aliphatic heterocycles. The van der Waals surface area contributed by atoms with Crippen LogP contribution >= 0.6 is 22.9 Å². The Balaban J connectivity index is 1.49. The van der Waals surface area contributed by atoms with Crippen LogP contribution in [0.4, 0.5) is 0 Å². The molecule has 1 aromatic carbocycles. The van der Waals surface area contributed by atoms with E-state index in [0.717, 1.165) is 21.6 Å². The number of fused-ring (bicyclic) bond motifs is 1. The lowest BCUT2D eigenvalue weighted by atomic mass is 10.1. The van der Waals surface area contributed by atoms with Gasteiger partial charge in [-0.25, -0.2) is 9.48 Å². The van der Waals surface area contributed by atoms with Crippen molar-refractivity contribution in [3.8, 4) is 5.69 Å². The number of Topliss-reactive ketones (excluding diaryl/α,β-unsaturated/α-hetero) is 1. The van der Waals surface area contributed by atoms with E-state index < -0.39 is 17.9 Å². The zero-order valence-corrected chi connectivity index (χ0v) is 19.5. The van der Waals surface area contributed by atoms with Crippen molar-refractivity contribution in [2.45, 2.75) is 13.0 Å². The highest BCUT2D eigenvalue weighted by Crippen LogP contribution is 2.32. The number of nitrogens with zero attached hydrogens (tertiary/aromatic N) is 4. The molecule has 9 heteroatoms. The van der Waals surface area contributed by atoms with Crippen molar-refractivity contribution in [2.75, 3.05) is 0 Å².